The number of nitro benzene ring substituents is 1. The van der Waals surface area contributed by atoms with Crippen LogP contribution in [0.3, 0.4) is 0 Å². The van der Waals surface area contributed by atoms with E-state index < -0.39 is 4.92 Å². The molecule has 0 saturated heterocycles. The molecule has 0 fully saturated rings. The van der Waals surface area contributed by atoms with Crippen molar-refractivity contribution < 1.29 is 4.92 Å². The monoisotopic (exact) mass is 310 g/mol. The summed E-state index contributed by atoms with van der Waals surface area (Å²) < 4.78 is 0. The van der Waals surface area contributed by atoms with E-state index in [4.69, 9.17) is 23.2 Å². The van der Waals surface area contributed by atoms with Gasteiger partial charge in [-0.1, -0.05) is 29.3 Å². The minimum absolute atomic E-state index is 0.0405. The Balaban J connectivity index is 2.14. The van der Waals surface area contributed by atoms with Crippen LogP contribution in [0, 0.1) is 10.1 Å². The Morgan fingerprint density at radius 2 is 1.80 bits per heavy atom. The average molecular weight is 311 g/mol. The van der Waals surface area contributed by atoms with Gasteiger partial charge < -0.3 is 5.32 Å². The molecule has 0 bridgehead atoms. The third kappa shape index (κ3) is 3.40. The highest BCUT2D eigenvalue weighted by atomic mass is 35.5. The molecule has 4 nitrogen and oxygen atoms in total. The molecule has 1 atom stereocenters. The van der Waals surface area contributed by atoms with E-state index in [0.29, 0.717) is 10.0 Å². The van der Waals surface area contributed by atoms with Crippen molar-refractivity contribution in [2.45, 2.75) is 13.0 Å². The second-order valence-corrected chi connectivity index (χ2v) is 5.18. The third-order valence-electron chi connectivity index (χ3n) is 2.89. The minimum Gasteiger partial charge on any atom is -0.378 e. The van der Waals surface area contributed by atoms with Gasteiger partial charge in [0.2, 0.25) is 0 Å². The highest BCUT2D eigenvalue weighted by molar-refractivity contribution is 6.35. The summed E-state index contributed by atoms with van der Waals surface area (Å²) in [4.78, 5) is 10.2. The van der Waals surface area contributed by atoms with Crippen LogP contribution in [0.2, 0.25) is 10.0 Å². The Morgan fingerprint density at radius 1 is 1.15 bits per heavy atom. The SMILES string of the molecule is CC(Nc1ccc([N+](=O)[O-])cc1)c1ccc(Cl)cc1Cl. The first kappa shape index (κ1) is 14.6. The average Bonchev–Trinajstić information content (AvgIpc) is 2.39. The van der Waals surface area contributed by atoms with Crippen molar-refractivity contribution in [3.63, 3.8) is 0 Å². The highest BCUT2D eigenvalue weighted by Crippen LogP contribution is 2.28. The van der Waals surface area contributed by atoms with Gasteiger partial charge in [0.1, 0.15) is 0 Å². The molecule has 0 radical (unpaired) electrons. The largest absolute Gasteiger partial charge is 0.378 e. The summed E-state index contributed by atoms with van der Waals surface area (Å²) in [5, 5.41) is 15.0. The second kappa shape index (κ2) is 6.11. The molecule has 0 amide bonds. The molecule has 1 unspecified atom stereocenters. The second-order valence-electron chi connectivity index (χ2n) is 4.34. The molecule has 1 N–H and O–H groups in total. The van der Waals surface area contributed by atoms with Crippen LogP contribution in [-0.4, -0.2) is 4.92 Å². The number of nitro groups is 1. The van der Waals surface area contributed by atoms with Crippen LogP contribution in [0.25, 0.3) is 0 Å². The smallest absolute Gasteiger partial charge is 0.269 e. The lowest BCUT2D eigenvalue weighted by atomic mass is 10.1. The molecule has 0 aliphatic heterocycles. The van der Waals surface area contributed by atoms with Crippen LogP contribution in [0.5, 0.6) is 0 Å². The van der Waals surface area contributed by atoms with Crippen molar-refractivity contribution in [1.82, 2.24) is 0 Å². The fraction of sp³-hybridized carbons (Fsp3) is 0.143. The van der Waals surface area contributed by atoms with Crippen molar-refractivity contribution in [3.8, 4) is 0 Å². The van der Waals surface area contributed by atoms with Crippen LogP contribution in [0.4, 0.5) is 11.4 Å². The van der Waals surface area contributed by atoms with Crippen LogP contribution in [-0.2, 0) is 0 Å². The standard InChI is InChI=1S/C14H12Cl2N2O2/c1-9(13-7-2-10(15)8-14(13)16)17-11-3-5-12(6-4-11)18(19)20/h2-9,17H,1H3. The fourth-order valence-electron chi connectivity index (χ4n) is 1.86. The topological polar surface area (TPSA) is 55.2 Å². The molecule has 104 valence electrons. The van der Waals surface area contributed by atoms with E-state index in [1.807, 2.05) is 13.0 Å². The van der Waals surface area contributed by atoms with Crippen LogP contribution < -0.4 is 5.32 Å². The predicted molar refractivity (Wildman–Crippen MR) is 81.6 cm³/mol. The van der Waals surface area contributed by atoms with Gasteiger partial charge in [-0.2, -0.15) is 0 Å². The van der Waals surface area contributed by atoms with Gasteiger partial charge in [0.05, 0.1) is 4.92 Å². The molecule has 0 aliphatic carbocycles. The van der Waals surface area contributed by atoms with Crippen molar-refractivity contribution in [2.75, 3.05) is 5.32 Å². The van der Waals surface area contributed by atoms with Gasteiger partial charge in [0.15, 0.2) is 0 Å². The van der Waals surface area contributed by atoms with Gasteiger partial charge in [-0.25, -0.2) is 0 Å². The highest BCUT2D eigenvalue weighted by Gasteiger charge is 2.11. The summed E-state index contributed by atoms with van der Waals surface area (Å²) in [6.45, 7) is 1.95. The van der Waals surface area contributed by atoms with E-state index in [9.17, 15) is 10.1 Å². The minimum atomic E-state index is -0.427. The van der Waals surface area contributed by atoms with E-state index in [1.54, 1.807) is 24.3 Å². The Morgan fingerprint density at radius 3 is 2.35 bits per heavy atom. The lowest BCUT2D eigenvalue weighted by Crippen LogP contribution is -2.07. The lowest BCUT2D eigenvalue weighted by molar-refractivity contribution is -0.384. The Labute approximate surface area is 126 Å². The third-order valence-corrected chi connectivity index (χ3v) is 3.45. The normalized spacial score (nSPS) is 11.9. The maximum Gasteiger partial charge on any atom is 0.269 e. The molecule has 0 spiro atoms. The number of rotatable bonds is 4. The maximum atomic E-state index is 10.6. The summed E-state index contributed by atoms with van der Waals surface area (Å²) in [5.74, 6) is 0. The van der Waals surface area contributed by atoms with Gasteiger partial charge in [0.25, 0.3) is 5.69 Å². The van der Waals surface area contributed by atoms with Crippen LogP contribution >= 0.6 is 23.2 Å². The molecule has 0 heterocycles. The zero-order chi connectivity index (χ0) is 14.7. The summed E-state index contributed by atoms with van der Waals surface area (Å²) >= 11 is 12.0. The first-order valence-electron chi connectivity index (χ1n) is 5.93. The molecular weight excluding hydrogens is 299 g/mol. The van der Waals surface area contributed by atoms with Crippen molar-refractivity contribution >= 4 is 34.6 Å². The predicted octanol–water partition coefficient (Wildman–Crippen LogP) is 5.07. The van der Waals surface area contributed by atoms with Gasteiger partial charge in [-0.3, -0.25) is 10.1 Å². The first-order chi connectivity index (χ1) is 9.47. The summed E-state index contributed by atoms with van der Waals surface area (Å²) in [5.41, 5.74) is 1.76. The van der Waals surface area contributed by atoms with Gasteiger partial charge >= 0.3 is 0 Å². The van der Waals surface area contributed by atoms with Crippen LogP contribution in [0.1, 0.15) is 18.5 Å². The maximum absolute atomic E-state index is 10.6. The van der Waals surface area contributed by atoms with E-state index in [2.05, 4.69) is 5.32 Å². The molecule has 0 aliphatic rings. The summed E-state index contributed by atoms with van der Waals surface area (Å²) in [6.07, 6.45) is 0. The van der Waals surface area contributed by atoms with Crippen molar-refractivity contribution in [1.29, 1.82) is 0 Å². The molecule has 0 aromatic heterocycles. The molecule has 0 saturated carbocycles. The molecule has 6 heteroatoms. The van der Waals surface area contributed by atoms with E-state index in [-0.39, 0.29) is 11.7 Å². The number of nitrogens with one attached hydrogen (secondary N) is 1. The van der Waals surface area contributed by atoms with Crippen LogP contribution in [0.15, 0.2) is 42.5 Å². The quantitative estimate of drug-likeness (QED) is 0.633. The zero-order valence-electron chi connectivity index (χ0n) is 10.6. The van der Waals surface area contributed by atoms with Gasteiger partial charge in [-0.05, 0) is 36.8 Å². The van der Waals surface area contributed by atoms with E-state index >= 15 is 0 Å². The van der Waals surface area contributed by atoms with Crippen molar-refractivity contribution in [3.05, 3.63) is 68.2 Å². The number of hydrogen-bond acceptors (Lipinski definition) is 3. The number of benzene rings is 2. The molecule has 2 aromatic rings. The molecule has 2 aromatic carbocycles. The van der Waals surface area contributed by atoms with Gasteiger partial charge in [-0.15, -0.1) is 0 Å². The van der Waals surface area contributed by atoms with Crippen molar-refractivity contribution in [2.24, 2.45) is 0 Å². The fourth-order valence-corrected chi connectivity index (χ4v) is 2.43. The zero-order valence-corrected chi connectivity index (χ0v) is 12.2. The number of hydrogen-bond donors (Lipinski definition) is 1. The van der Waals surface area contributed by atoms with Gasteiger partial charge in [0, 0.05) is 33.9 Å². The number of nitrogens with zero attached hydrogens (tertiary/aromatic N) is 1. The Bertz CT molecular complexity index is 630. The number of non-ortho nitro benzene ring substituents is 1. The Kier molecular flexibility index (Phi) is 4.47. The lowest BCUT2D eigenvalue weighted by Gasteiger charge is -2.17. The summed E-state index contributed by atoms with van der Waals surface area (Å²) in [6, 6.07) is 11.5. The number of anilines is 1. The molecule has 20 heavy (non-hydrogen) atoms. The Hall–Kier alpha value is -1.78. The summed E-state index contributed by atoms with van der Waals surface area (Å²) in [7, 11) is 0. The number of halogens is 2. The first-order valence-corrected chi connectivity index (χ1v) is 6.69. The van der Waals surface area contributed by atoms with E-state index in [0.717, 1.165) is 11.3 Å². The molecule has 2 rings (SSSR count). The molecular formula is C14H12Cl2N2O2. The van der Waals surface area contributed by atoms with E-state index in [1.165, 1.54) is 12.1 Å².